The summed E-state index contributed by atoms with van der Waals surface area (Å²) in [7, 11) is 0. The topological polar surface area (TPSA) is 105 Å². The van der Waals surface area contributed by atoms with E-state index in [0.717, 1.165) is 22.3 Å². The number of hydrogen-bond donors (Lipinski definition) is 3. The van der Waals surface area contributed by atoms with Crippen molar-refractivity contribution >= 4 is 18.0 Å². The van der Waals surface area contributed by atoms with Crippen LogP contribution >= 0.6 is 0 Å². The molecule has 3 aliphatic rings. The zero-order chi connectivity index (χ0) is 24.7. The molecule has 0 bridgehead atoms. The van der Waals surface area contributed by atoms with Crippen LogP contribution in [0.3, 0.4) is 0 Å². The summed E-state index contributed by atoms with van der Waals surface area (Å²) < 4.78 is 31.9. The fourth-order valence-corrected chi connectivity index (χ4v) is 5.80. The van der Waals surface area contributed by atoms with Crippen molar-refractivity contribution in [2.75, 3.05) is 6.61 Å². The number of halogens is 2. The maximum Gasteiger partial charge on any atom is 0.407 e. The van der Waals surface area contributed by atoms with Gasteiger partial charge in [-0.05, 0) is 47.4 Å². The molecule has 0 aliphatic heterocycles. The predicted molar refractivity (Wildman–Crippen MR) is 122 cm³/mol. The second kappa shape index (κ2) is 8.94. The summed E-state index contributed by atoms with van der Waals surface area (Å²) in [5.74, 6) is -2.06. The number of benzene rings is 2. The van der Waals surface area contributed by atoms with E-state index in [1.54, 1.807) is 0 Å². The first-order valence-corrected chi connectivity index (χ1v) is 11.7. The summed E-state index contributed by atoms with van der Waals surface area (Å²) in [5.41, 5.74) is 3.65. The van der Waals surface area contributed by atoms with E-state index in [1.807, 2.05) is 36.4 Å². The first-order chi connectivity index (χ1) is 16.8. The lowest BCUT2D eigenvalue weighted by atomic mass is 9.98. The summed E-state index contributed by atoms with van der Waals surface area (Å²) in [4.78, 5) is 36.1. The molecule has 0 heterocycles. The van der Waals surface area contributed by atoms with Crippen molar-refractivity contribution in [2.24, 2.45) is 11.3 Å². The number of carbonyl (C=O) groups excluding carboxylic acids is 2. The molecule has 4 atom stereocenters. The Balaban J connectivity index is 1.16. The van der Waals surface area contributed by atoms with Gasteiger partial charge in [0.1, 0.15) is 12.6 Å². The summed E-state index contributed by atoms with van der Waals surface area (Å²) in [6, 6.07) is 14.0. The molecule has 2 fully saturated rings. The summed E-state index contributed by atoms with van der Waals surface area (Å²) >= 11 is 0. The fraction of sp³-hybridized carbons (Fsp3) is 0.423. The van der Waals surface area contributed by atoms with E-state index >= 15 is 0 Å². The Morgan fingerprint density at radius 3 is 2.26 bits per heavy atom. The lowest BCUT2D eigenvalue weighted by molar-refractivity contribution is -0.139. The number of carbonyl (C=O) groups is 3. The van der Waals surface area contributed by atoms with Gasteiger partial charge in [0.25, 0.3) is 6.43 Å². The van der Waals surface area contributed by atoms with Gasteiger partial charge < -0.3 is 20.5 Å². The molecule has 0 radical (unpaired) electrons. The lowest BCUT2D eigenvalue weighted by Crippen LogP contribution is -2.45. The van der Waals surface area contributed by atoms with E-state index in [0.29, 0.717) is 19.3 Å². The molecule has 2 aromatic rings. The number of ether oxygens (including phenoxy) is 1. The van der Waals surface area contributed by atoms with Crippen LogP contribution in [0.5, 0.6) is 0 Å². The molecule has 1 unspecified atom stereocenters. The summed E-state index contributed by atoms with van der Waals surface area (Å²) in [6.07, 6.45) is -2.98. The second-order valence-corrected chi connectivity index (χ2v) is 9.68. The van der Waals surface area contributed by atoms with Crippen LogP contribution in [0.1, 0.15) is 42.7 Å². The van der Waals surface area contributed by atoms with Crippen LogP contribution in [0.4, 0.5) is 13.6 Å². The number of amides is 2. The number of hydrogen-bond acceptors (Lipinski definition) is 4. The molecule has 9 heteroatoms. The van der Waals surface area contributed by atoms with E-state index in [1.165, 1.54) is 0 Å². The van der Waals surface area contributed by atoms with Gasteiger partial charge in [-0.1, -0.05) is 48.5 Å². The summed E-state index contributed by atoms with van der Waals surface area (Å²) in [6.45, 7) is 0.174. The molecule has 0 saturated heterocycles. The van der Waals surface area contributed by atoms with Crippen LogP contribution in [0.15, 0.2) is 48.5 Å². The van der Waals surface area contributed by atoms with Gasteiger partial charge >= 0.3 is 12.1 Å². The van der Waals surface area contributed by atoms with Crippen molar-refractivity contribution in [1.82, 2.24) is 10.6 Å². The van der Waals surface area contributed by atoms with Gasteiger partial charge in [-0.3, -0.25) is 9.59 Å². The minimum atomic E-state index is -2.97. The number of fused-ring (bicyclic) bond motifs is 4. The molecule has 7 nitrogen and oxygen atoms in total. The Morgan fingerprint density at radius 2 is 1.66 bits per heavy atom. The van der Waals surface area contributed by atoms with E-state index in [4.69, 9.17) is 9.84 Å². The van der Waals surface area contributed by atoms with Crippen LogP contribution in [-0.4, -0.2) is 48.2 Å². The molecule has 35 heavy (non-hydrogen) atoms. The van der Waals surface area contributed by atoms with Gasteiger partial charge in [0.15, 0.2) is 0 Å². The largest absolute Gasteiger partial charge is 0.481 e. The molecule has 2 aromatic carbocycles. The normalized spacial score (nSPS) is 24.8. The monoisotopic (exact) mass is 484 g/mol. The van der Waals surface area contributed by atoms with Gasteiger partial charge in [0.05, 0.1) is 11.8 Å². The molecule has 5 rings (SSSR count). The highest BCUT2D eigenvalue weighted by atomic mass is 19.3. The SMILES string of the molecule is O=C(O)CC(NC(=O)[C@]12C[C@H](NC(=O)OCC3c4ccccc4-c4ccccc43)C[C@H]1C2)C(F)F. The average molecular weight is 484 g/mol. The Bertz CT molecular complexity index is 1130. The first kappa shape index (κ1) is 23.3. The fourth-order valence-electron chi connectivity index (χ4n) is 5.80. The van der Waals surface area contributed by atoms with E-state index < -0.39 is 42.3 Å². The Morgan fingerprint density at radius 1 is 1.03 bits per heavy atom. The van der Waals surface area contributed by atoms with Crippen molar-refractivity contribution in [3.8, 4) is 11.1 Å². The molecule has 3 N–H and O–H groups in total. The zero-order valence-electron chi connectivity index (χ0n) is 18.9. The highest BCUT2D eigenvalue weighted by molar-refractivity contribution is 5.87. The van der Waals surface area contributed by atoms with E-state index in [9.17, 15) is 23.2 Å². The molecule has 0 aromatic heterocycles. The molecule has 2 amide bonds. The van der Waals surface area contributed by atoms with E-state index in [-0.39, 0.29) is 24.5 Å². The van der Waals surface area contributed by atoms with Gasteiger partial charge in [0, 0.05) is 12.0 Å². The standard InChI is InChI=1S/C26H26F2N2O5/c27-23(28)21(10-22(31)32)30-24(33)26-11-14(26)9-15(12-26)29-25(34)35-13-20-18-7-3-1-5-16(18)17-6-2-4-8-19(17)20/h1-8,14-15,20-21,23H,9-13H2,(H,29,34)(H,30,33)(H,31,32)/t14-,15+,21?,26+/m0/s1. The number of carboxylic acid groups (broad SMARTS) is 1. The number of nitrogens with one attached hydrogen (secondary N) is 2. The third-order valence-electron chi connectivity index (χ3n) is 7.54. The van der Waals surface area contributed by atoms with Gasteiger partial charge in [-0.25, -0.2) is 13.6 Å². The molecule has 2 saturated carbocycles. The van der Waals surface area contributed by atoms with Gasteiger partial charge in [-0.15, -0.1) is 0 Å². The van der Waals surface area contributed by atoms with Crippen LogP contribution in [-0.2, 0) is 14.3 Å². The maximum atomic E-state index is 13.1. The smallest absolute Gasteiger partial charge is 0.407 e. The van der Waals surface area contributed by atoms with Crippen molar-refractivity contribution in [1.29, 1.82) is 0 Å². The number of alkyl halides is 2. The van der Waals surface area contributed by atoms with Gasteiger partial charge in [-0.2, -0.15) is 0 Å². The molecule has 184 valence electrons. The predicted octanol–water partition coefficient (Wildman–Crippen LogP) is 3.92. The van der Waals surface area contributed by atoms with Crippen molar-refractivity contribution in [3.63, 3.8) is 0 Å². The third-order valence-corrected chi connectivity index (χ3v) is 7.54. The van der Waals surface area contributed by atoms with E-state index in [2.05, 4.69) is 22.8 Å². The number of rotatable bonds is 8. The zero-order valence-corrected chi connectivity index (χ0v) is 18.9. The van der Waals surface area contributed by atoms with Crippen LogP contribution in [0, 0.1) is 11.3 Å². The third kappa shape index (κ3) is 4.35. The van der Waals surface area contributed by atoms with Crippen LogP contribution in [0.25, 0.3) is 11.1 Å². The van der Waals surface area contributed by atoms with Crippen molar-refractivity contribution < 1.29 is 33.0 Å². The number of aliphatic carboxylic acids is 1. The maximum absolute atomic E-state index is 13.1. The minimum absolute atomic E-state index is 0.0236. The number of alkyl carbamates (subject to hydrolysis) is 1. The molecule has 0 spiro atoms. The van der Waals surface area contributed by atoms with Gasteiger partial charge in [0.2, 0.25) is 5.91 Å². The molecular weight excluding hydrogens is 458 g/mol. The van der Waals surface area contributed by atoms with Crippen LogP contribution in [0.2, 0.25) is 0 Å². The molecular formula is C26H26F2N2O5. The van der Waals surface area contributed by atoms with Crippen molar-refractivity contribution in [2.45, 2.75) is 50.1 Å². The highest BCUT2D eigenvalue weighted by Gasteiger charge is 2.65. The Kier molecular flexibility index (Phi) is 5.94. The average Bonchev–Trinajstić information content (AvgIpc) is 3.25. The minimum Gasteiger partial charge on any atom is -0.481 e. The highest BCUT2D eigenvalue weighted by Crippen LogP contribution is 2.63. The lowest BCUT2D eigenvalue weighted by Gasteiger charge is -2.21. The Labute approximate surface area is 200 Å². The number of carboxylic acids is 1. The van der Waals surface area contributed by atoms with Crippen molar-refractivity contribution in [3.05, 3.63) is 59.7 Å². The molecule has 3 aliphatic carbocycles. The van der Waals surface area contributed by atoms with Crippen LogP contribution < -0.4 is 10.6 Å². The summed E-state index contributed by atoms with van der Waals surface area (Å²) in [5, 5.41) is 13.8. The Hall–Kier alpha value is -3.49. The first-order valence-electron chi connectivity index (χ1n) is 11.7. The quantitative estimate of drug-likeness (QED) is 0.527. The second-order valence-electron chi connectivity index (χ2n) is 9.68.